The van der Waals surface area contributed by atoms with Crippen molar-refractivity contribution < 1.29 is 13.2 Å². The topological polar surface area (TPSA) is 79.7 Å². The number of hydrogen-bond donors (Lipinski definition) is 0. The highest BCUT2D eigenvalue weighted by atomic mass is 79.9. The van der Waals surface area contributed by atoms with E-state index in [1.54, 1.807) is 12.1 Å². The lowest BCUT2D eigenvalue weighted by Gasteiger charge is -2.29. The molecule has 0 spiro atoms. The van der Waals surface area contributed by atoms with Crippen molar-refractivity contribution in [2.75, 3.05) is 18.4 Å². The second-order valence-electron chi connectivity index (χ2n) is 3.71. The third-order valence-corrected chi connectivity index (χ3v) is 5.04. The number of carbonyl (C=O) groups excluding carboxylic acids is 1. The van der Waals surface area contributed by atoms with Crippen LogP contribution in [0.1, 0.15) is 10.5 Å². The number of sulfonamides is 1. The monoisotopic (exact) mass is 331 g/mol. The molecular formula is C10H10BrN3O3S. The molecule has 18 heavy (non-hydrogen) atoms. The van der Waals surface area contributed by atoms with Gasteiger partial charge >= 0.3 is 0 Å². The van der Waals surface area contributed by atoms with Crippen molar-refractivity contribution in [3.05, 3.63) is 22.4 Å². The predicted octanol–water partition coefficient (Wildman–Crippen LogP) is 0.876. The van der Waals surface area contributed by atoms with Gasteiger partial charge in [0, 0.05) is 20.3 Å². The van der Waals surface area contributed by atoms with Gasteiger partial charge in [-0.05, 0) is 28.1 Å². The van der Waals surface area contributed by atoms with Crippen LogP contribution in [-0.2, 0) is 10.0 Å². The fraction of sp³-hybridized carbons (Fsp3) is 0.300. The van der Waals surface area contributed by atoms with Gasteiger partial charge in [-0.25, -0.2) is 13.4 Å². The van der Waals surface area contributed by atoms with Crippen LogP contribution in [0.25, 0.3) is 0 Å². The second kappa shape index (κ2) is 4.43. The zero-order valence-corrected chi connectivity index (χ0v) is 12.1. The number of nitrogens with zero attached hydrogens (tertiary/aromatic N) is 3. The molecule has 96 valence electrons. The molecule has 8 heteroatoms. The molecule has 2 heterocycles. The van der Waals surface area contributed by atoms with E-state index < -0.39 is 21.1 Å². The molecule has 1 aromatic rings. The first-order valence-corrected chi connectivity index (χ1v) is 7.30. The number of ketones is 1. The van der Waals surface area contributed by atoms with Crippen molar-refractivity contribution in [1.82, 2.24) is 4.98 Å². The van der Waals surface area contributed by atoms with Crippen molar-refractivity contribution in [2.45, 2.75) is 5.25 Å². The summed E-state index contributed by atoms with van der Waals surface area (Å²) in [5, 5.41) is -1.30. The molecule has 0 aromatic carbocycles. The third-order valence-electron chi connectivity index (χ3n) is 2.66. The molecule has 1 aliphatic rings. The maximum Gasteiger partial charge on any atom is 0.250 e. The summed E-state index contributed by atoms with van der Waals surface area (Å²) >= 11 is 3.16. The smallest absolute Gasteiger partial charge is 0.250 e. The number of aromatic nitrogens is 1. The van der Waals surface area contributed by atoms with E-state index in [4.69, 9.17) is 0 Å². The first-order chi connectivity index (χ1) is 8.39. The summed E-state index contributed by atoms with van der Waals surface area (Å²) in [6, 6.07) is 3.13. The molecule has 0 bridgehead atoms. The van der Waals surface area contributed by atoms with Crippen LogP contribution in [0.4, 0.5) is 5.69 Å². The zero-order chi connectivity index (χ0) is 13.5. The largest absolute Gasteiger partial charge is 0.299 e. The van der Waals surface area contributed by atoms with Crippen LogP contribution in [0.5, 0.6) is 0 Å². The lowest BCUT2D eigenvalue weighted by Crippen LogP contribution is -2.47. The Morgan fingerprint density at radius 2 is 2.17 bits per heavy atom. The van der Waals surface area contributed by atoms with Gasteiger partial charge in [0.05, 0.1) is 5.69 Å². The Kier molecular flexibility index (Phi) is 3.24. The highest BCUT2D eigenvalue weighted by Crippen LogP contribution is 2.31. The van der Waals surface area contributed by atoms with E-state index in [1.807, 2.05) is 0 Å². The highest BCUT2D eigenvalue weighted by Gasteiger charge is 2.43. The number of anilines is 1. The molecule has 0 aliphatic carbocycles. The van der Waals surface area contributed by atoms with Gasteiger partial charge in [-0.2, -0.15) is 0 Å². The van der Waals surface area contributed by atoms with Crippen molar-refractivity contribution in [2.24, 2.45) is 4.99 Å². The van der Waals surface area contributed by atoms with Crippen LogP contribution in [0.3, 0.4) is 0 Å². The van der Waals surface area contributed by atoms with E-state index in [2.05, 4.69) is 25.9 Å². The summed E-state index contributed by atoms with van der Waals surface area (Å²) in [6.45, 7) is 0. The number of hydrogen-bond acceptors (Lipinski definition) is 5. The lowest BCUT2D eigenvalue weighted by atomic mass is 10.1. The van der Waals surface area contributed by atoms with E-state index in [9.17, 15) is 13.2 Å². The fourth-order valence-corrected chi connectivity index (χ4v) is 3.45. The van der Waals surface area contributed by atoms with Gasteiger partial charge in [-0.15, -0.1) is 0 Å². The summed E-state index contributed by atoms with van der Waals surface area (Å²) in [5.41, 5.74) is 0.413. The molecule has 1 unspecified atom stereocenters. The van der Waals surface area contributed by atoms with Gasteiger partial charge in [0.1, 0.15) is 10.3 Å². The number of halogens is 1. The molecule has 1 aliphatic heterocycles. The molecular weight excluding hydrogens is 322 g/mol. The minimum atomic E-state index is -3.76. The van der Waals surface area contributed by atoms with Gasteiger partial charge in [0.2, 0.25) is 5.78 Å². The normalized spacial score (nSPS) is 22.3. The molecule has 0 radical (unpaired) electrons. The van der Waals surface area contributed by atoms with Gasteiger partial charge in [0.15, 0.2) is 5.25 Å². The van der Waals surface area contributed by atoms with Crippen LogP contribution in [0, 0.1) is 0 Å². The molecule has 1 aromatic heterocycles. The molecule has 0 saturated heterocycles. The molecule has 1 atom stereocenters. The molecule has 6 nitrogen and oxygen atoms in total. The van der Waals surface area contributed by atoms with E-state index in [0.29, 0.717) is 4.60 Å². The standard InChI is InChI=1S/C10H10BrN3O3S/c1-12-5-7-10(15)9-6(3-4-8(11)13-9)14(2)18(7,16)17/h3-5,7H,1-2H3. The van der Waals surface area contributed by atoms with Crippen molar-refractivity contribution >= 4 is 43.6 Å². The maximum absolute atomic E-state index is 12.1. The quantitative estimate of drug-likeness (QED) is 0.565. The average Bonchev–Trinajstić information content (AvgIpc) is 2.32. The predicted molar refractivity (Wildman–Crippen MR) is 71.8 cm³/mol. The van der Waals surface area contributed by atoms with E-state index >= 15 is 0 Å². The number of fused-ring (bicyclic) bond motifs is 1. The number of pyridine rings is 1. The molecule has 0 saturated carbocycles. The first-order valence-electron chi connectivity index (χ1n) is 5.00. The second-order valence-corrected chi connectivity index (χ2v) is 6.60. The van der Waals surface area contributed by atoms with Crippen LogP contribution < -0.4 is 4.31 Å². The summed E-state index contributed by atoms with van der Waals surface area (Å²) in [7, 11) is -0.942. The summed E-state index contributed by atoms with van der Waals surface area (Å²) in [5.74, 6) is -0.560. The number of aliphatic imine (C=N–C) groups is 1. The number of rotatable bonds is 1. The van der Waals surface area contributed by atoms with E-state index in [0.717, 1.165) is 10.5 Å². The molecule has 0 N–H and O–H groups in total. The number of carbonyl (C=O) groups is 1. The Balaban J connectivity index is 2.71. The Bertz CT molecular complexity index is 642. The summed E-state index contributed by atoms with van der Waals surface area (Å²) in [4.78, 5) is 19.8. The highest BCUT2D eigenvalue weighted by molar-refractivity contribution is 9.10. The van der Waals surface area contributed by atoms with Gasteiger partial charge in [-0.1, -0.05) is 0 Å². The Morgan fingerprint density at radius 3 is 2.78 bits per heavy atom. The first kappa shape index (κ1) is 13.2. The van der Waals surface area contributed by atoms with Crippen molar-refractivity contribution in [3.8, 4) is 0 Å². The Morgan fingerprint density at radius 1 is 1.50 bits per heavy atom. The van der Waals surface area contributed by atoms with Gasteiger partial charge < -0.3 is 0 Å². The van der Waals surface area contributed by atoms with Gasteiger partial charge in [0.25, 0.3) is 10.0 Å². The van der Waals surface area contributed by atoms with E-state index in [1.165, 1.54) is 14.1 Å². The zero-order valence-electron chi connectivity index (χ0n) is 9.66. The van der Waals surface area contributed by atoms with Crippen LogP contribution in [0.15, 0.2) is 21.7 Å². The molecule has 2 rings (SSSR count). The number of Topliss-reactive ketones (excluding diaryl/α,β-unsaturated/α-hetero) is 1. The summed E-state index contributed by atoms with van der Waals surface area (Å²) < 4.78 is 25.8. The van der Waals surface area contributed by atoms with E-state index in [-0.39, 0.29) is 11.4 Å². The SMILES string of the molecule is CN=CC1C(=O)c2nc(Br)ccc2N(C)S1(=O)=O. The lowest BCUT2D eigenvalue weighted by molar-refractivity contribution is 0.0998. The maximum atomic E-state index is 12.1. The Hall–Kier alpha value is -1.28. The Labute approximate surface area is 113 Å². The van der Waals surface area contributed by atoms with Crippen molar-refractivity contribution in [1.29, 1.82) is 0 Å². The van der Waals surface area contributed by atoms with Crippen LogP contribution in [-0.4, -0.2) is 44.7 Å². The summed E-state index contributed by atoms with van der Waals surface area (Å²) in [6.07, 6.45) is 1.12. The van der Waals surface area contributed by atoms with Crippen molar-refractivity contribution in [3.63, 3.8) is 0 Å². The molecule has 0 fully saturated rings. The minimum Gasteiger partial charge on any atom is -0.299 e. The van der Waals surface area contributed by atoms with Crippen LogP contribution >= 0.6 is 15.9 Å². The van der Waals surface area contributed by atoms with Gasteiger partial charge in [-0.3, -0.25) is 14.1 Å². The fourth-order valence-electron chi connectivity index (χ4n) is 1.72. The van der Waals surface area contributed by atoms with Crippen LogP contribution in [0.2, 0.25) is 0 Å². The molecule has 0 amide bonds. The third kappa shape index (κ3) is 1.85. The minimum absolute atomic E-state index is 0.131. The average molecular weight is 332 g/mol.